The molecule has 3 aromatic rings. The summed E-state index contributed by atoms with van der Waals surface area (Å²) in [5.74, 6) is -0.517. The molecular formula is C19H17ClN2O2. The van der Waals surface area contributed by atoms with E-state index in [1.165, 1.54) is 0 Å². The topological polar surface area (TPSA) is 62.0 Å². The van der Waals surface area contributed by atoms with Crippen LogP contribution >= 0.6 is 11.6 Å². The molecule has 0 aliphatic rings. The van der Waals surface area contributed by atoms with E-state index in [1.54, 1.807) is 56.3 Å². The highest BCUT2D eigenvalue weighted by Gasteiger charge is 2.21. The van der Waals surface area contributed by atoms with Crippen LogP contribution in [0.5, 0.6) is 0 Å². The first-order chi connectivity index (χ1) is 11.5. The van der Waals surface area contributed by atoms with E-state index in [0.717, 1.165) is 5.39 Å². The molecule has 4 nitrogen and oxygen atoms in total. The van der Waals surface area contributed by atoms with E-state index in [-0.39, 0.29) is 17.6 Å². The van der Waals surface area contributed by atoms with Crippen LogP contribution in [0.4, 0.5) is 5.69 Å². The smallest absolute Gasteiger partial charge is 0.227 e. The minimum absolute atomic E-state index is 0.145. The number of carbonyl (C=O) groups excluding carboxylic acids is 2. The van der Waals surface area contributed by atoms with E-state index in [9.17, 15) is 9.59 Å². The summed E-state index contributed by atoms with van der Waals surface area (Å²) in [7, 11) is 0. The molecule has 0 saturated carbocycles. The second kappa shape index (κ2) is 6.49. The Kier molecular flexibility index (Phi) is 4.40. The highest BCUT2D eigenvalue weighted by atomic mass is 35.5. The predicted molar refractivity (Wildman–Crippen MR) is 96.7 cm³/mol. The monoisotopic (exact) mass is 340 g/mol. The summed E-state index contributed by atoms with van der Waals surface area (Å²) in [6, 6.07) is 14.2. The van der Waals surface area contributed by atoms with Gasteiger partial charge in [-0.3, -0.25) is 9.59 Å². The molecule has 2 aromatic carbocycles. The van der Waals surface area contributed by atoms with Crippen molar-refractivity contribution >= 4 is 39.9 Å². The second-order valence-electron chi connectivity index (χ2n) is 5.90. The van der Waals surface area contributed by atoms with Crippen molar-refractivity contribution in [2.75, 3.05) is 5.32 Å². The summed E-state index contributed by atoms with van der Waals surface area (Å²) >= 11 is 6.04. The van der Waals surface area contributed by atoms with Crippen molar-refractivity contribution in [1.29, 1.82) is 0 Å². The molecular weight excluding hydrogens is 324 g/mol. The number of rotatable bonds is 4. The van der Waals surface area contributed by atoms with E-state index in [2.05, 4.69) is 10.3 Å². The summed E-state index contributed by atoms with van der Waals surface area (Å²) in [5.41, 5.74) is 2.11. The number of halogens is 1. The molecule has 0 atom stereocenters. The normalized spacial score (nSPS) is 11.0. The van der Waals surface area contributed by atoms with E-state index < -0.39 is 0 Å². The Balaban J connectivity index is 2.15. The van der Waals surface area contributed by atoms with Gasteiger partial charge in [-0.2, -0.15) is 0 Å². The van der Waals surface area contributed by atoms with Crippen LogP contribution < -0.4 is 5.32 Å². The lowest BCUT2D eigenvalue weighted by molar-refractivity contribution is -0.118. The van der Waals surface area contributed by atoms with Gasteiger partial charge in [0, 0.05) is 27.4 Å². The van der Waals surface area contributed by atoms with Gasteiger partial charge in [0.1, 0.15) is 5.69 Å². The Hall–Kier alpha value is -2.59. The molecule has 122 valence electrons. The fourth-order valence-electron chi connectivity index (χ4n) is 2.47. The van der Waals surface area contributed by atoms with Gasteiger partial charge in [-0.05, 0) is 18.2 Å². The van der Waals surface area contributed by atoms with Gasteiger partial charge < -0.3 is 10.3 Å². The number of ketones is 1. The molecule has 1 aromatic heterocycles. The zero-order valence-corrected chi connectivity index (χ0v) is 14.1. The second-order valence-corrected chi connectivity index (χ2v) is 6.34. The highest BCUT2D eigenvalue weighted by molar-refractivity contribution is 6.31. The number of anilines is 1. The number of fused-ring (bicyclic) bond motifs is 1. The number of amides is 1. The quantitative estimate of drug-likeness (QED) is 0.679. The average molecular weight is 341 g/mol. The zero-order valence-electron chi connectivity index (χ0n) is 13.4. The zero-order chi connectivity index (χ0) is 17.3. The maximum atomic E-state index is 12.9. The van der Waals surface area contributed by atoms with Crippen LogP contribution in [0.15, 0.2) is 48.5 Å². The fraction of sp³-hybridized carbons (Fsp3) is 0.158. The first kappa shape index (κ1) is 16.3. The number of hydrogen-bond acceptors (Lipinski definition) is 2. The van der Waals surface area contributed by atoms with Gasteiger partial charge >= 0.3 is 0 Å². The third-order valence-corrected chi connectivity index (χ3v) is 4.03. The molecule has 24 heavy (non-hydrogen) atoms. The predicted octanol–water partition coefficient (Wildman–Crippen LogP) is 4.65. The lowest BCUT2D eigenvalue weighted by Crippen LogP contribution is -2.19. The van der Waals surface area contributed by atoms with E-state index in [1.807, 2.05) is 6.07 Å². The molecule has 1 amide bonds. The van der Waals surface area contributed by atoms with Crippen LogP contribution in [-0.2, 0) is 4.79 Å². The van der Waals surface area contributed by atoms with Gasteiger partial charge in [-0.25, -0.2) is 0 Å². The van der Waals surface area contributed by atoms with Crippen molar-refractivity contribution < 1.29 is 9.59 Å². The van der Waals surface area contributed by atoms with Gasteiger partial charge in [0.15, 0.2) is 0 Å². The Morgan fingerprint density at radius 2 is 1.79 bits per heavy atom. The van der Waals surface area contributed by atoms with Gasteiger partial charge in [-0.1, -0.05) is 55.8 Å². The molecule has 0 aliphatic heterocycles. The largest absolute Gasteiger partial charge is 0.350 e. The summed E-state index contributed by atoms with van der Waals surface area (Å²) < 4.78 is 0. The third-order valence-electron chi connectivity index (χ3n) is 3.80. The molecule has 5 heteroatoms. The lowest BCUT2D eigenvalue weighted by atomic mass is 10.1. The Bertz CT molecular complexity index is 914. The maximum absolute atomic E-state index is 12.9. The van der Waals surface area contributed by atoms with Gasteiger partial charge in [-0.15, -0.1) is 0 Å². The minimum Gasteiger partial charge on any atom is -0.350 e. The van der Waals surface area contributed by atoms with Crippen molar-refractivity contribution in [3.05, 3.63) is 64.8 Å². The lowest BCUT2D eigenvalue weighted by Gasteiger charge is -2.09. The molecule has 0 fully saturated rings. The molecule has 0 unspecified atom stereocenters. The summed E-state index contributed by atoms with van der Waals surface area (Å²) in [6.07, 6.45) is 0. The summed E-state index contributed by atoms with van der Waals surface area (Å²) in [5, 5.41) is 4.19. The third kappa shape index (κ3) is 3.05. The number of aromatic amines is 1. The highest BCUT2D eigenvalue weighted by Crippen LogP contribution is 2.31. The van der Waals surface area contributed by atoms with Crippen molar-refractivity contribution in [3.63, 3.8) is 0 Å². The SMILES string of the molecule is CC(C)C(=O)Nc1c(C(=O)c2ccccc2)[nH]c2cc(Cl)ccc12. The molecule has 0 saturated heterocycles. The molecule has 0 aliphatic carbocycles. The molecule has 2 N–H and O–H groups in total. The average Bonchev–Trinajstić information content (AvgIpc) is 2.92. The molecule has 3 rings (SSSR count). The van der Waals surface area contributed by atoms with Crippen LogP contribution in [0.2, 0.25) is 5.02 Å². The van der Waals surface area contributed by atoms with Gasteiger partial charge in [0.25, 0.3) is 0 Å². The van der Waals surface area contributed by atoms with Crippen LogP contribution in [0.3, 0.4) is 0 Å². The standard InChI is InChI=1S/C19H17ClN2O2/c1-11(2)19(24)22-16-14-9-8-13(20)10-15(14)21-17(16)18(23)12-6-4-3-5-7-12/h3-11,21H,1-2H3,(H,22,24). The fourth-order valence-corrected chi connectivity index (χ4v) is 2.64. The van der Waals surface area contributed by atoms with Crippen molar-refractivity contribution in [2.24, 2.45) is 5.92 Å². The van der Waals surface area contributed by atoms with E-state index in [4.69, 9.17) is 11.6 Å². The summed E-state index contributed by atoms with van der Waals surface area (Å²) in [4.78, 5) is 28.1. The van der Waals surface area contributed by atoms with Crippen LogP contribution in [0.1, 0.15) is 29.9 Å². The Morgan fingerprint density at radius 3 is 2.46 bits per heavy atom. The number of H-pyrrole nitrogens is 1. The van der Waals surface area contributed by atoms with Crippen molar-refractivity contribution in [1.82, 2.24) is 4.98 Å². The molecule has 0 spiro atoms. The number of aromatic nitrogens is 1. The summed E-state index contributed by atoms with van der Waals surface area (Å²) in [6.45, 7) is 3.61. The van der Waals surface area contributed by atoms with Crippen LogP contribution in [0.25, 0.3) is 10.9 Å². The van der Waals surface area contributed by atoms with Gasteiger partial charge in [0.2, 0.25) is 11.7 Å². The number of carbonyl (C=O) groups is 2. The molecule has 1 heterocycles. The number of hydrogen-bond donors (Lipinski definition) is 2. The maximum Gasteiger partial charge on any atom is 0.227 e. The Labute approximate surface area is 144 Å². The van der Waals surface area contributed by atoms with Crippen molar-refractivity contribution in [2.45, 2.75) is 13.8 Å². The first-order valence-electron chi connectivity index (χ1n) is 7.69. The van der Waals surface area contributed by atoms with Gasteiger partial charge in [0.05, 0.1) is 5.69 Å². The van der Waals surface area contributed by atoms with E-state index >= 15 is 0 Å². The number of nitrogens with one attached hydrogen (secondary N) is 2. The van der Waals surface area contributed by atoms with E-state index in [0.29, 0.717) is 27.5 Å². The first-order valence-corrected chi connectivity index (χ1v) is 8.07. The Morgan fingerprint density at radius 1 is 1.08 bits per heavy atom. The van der Waals surface area contributed by atoms with Crippen LogP contribution in [0, 0.1) is 5.92 Å². The molecule has 0 radical (unpaired) electrons. The van der Waals surface area contributed by atoms with Crippen LogP contribution in [-0.4, -0.2) is 16.7 Å². The van der Waals surface area contributed by atoms with Crippen molar-refractivity contribution in [3.8, 4) is 0 Å². The number of benzene rings is 2. The minimum atomic E-state index is -0.193. The molecule has 0 bridgehead atoms.